The fraction of sp³-hybridized carbons (Fsp3) is 0.107. The normalized spacial score (nSPS) is 12.4. The zero-order valence-electron chi connectivity index (χ0n) is 19.7. The van der Waals surface area contributed by atoms with Gasteiger partial charge in [-0.05, 0) is 43.3 Å². The van der Waals surface area contributed by atoms with Gasteiger partial charge in [-0.15, -0.1) is 0 Å². The topological polar surface area (TPSA) is 108 Å². The molecule has 2 heterocycles. The molecular formula is C28H20ClN5O3. The van der Waals surface area contributed by atoms with E-state index in [4.69, 9.17) is 11.6 Å². The van der Waals surface area contributed by atoms with Crippen LogP contribution < -0.4 is 5.32 Å². The Morgan fingerprint density at radius 1 is 0.973 bits per heavy atom. The van der Waals surface area contributed by atoms with E-state index in [-0.39, 0.29) is 42.0 Å². The minimum Gasteiger partial charge on any atom is -0.367 e. The fourth-order valence-electron chi connectivity index (χ4n) is 4.19. The predicted octanol–water partition coefficient (Wildman–Crippen LogP) is 4.64. The van der Waals surface area contributed by atoms with E-state index in [0.717, 1.165) is 10.5 Å². The van der Waals surface area contributed by atoms with E-state index >= 15 is 0 Å². The van der Waals surface area contributed by atoms with Crippen molar-refractivity contribution in [3.63, 3.8) is 0 Å². The number of halogens is 1. The lowest BCUT2D eigenvalue weighted by molar-refractivity contribution is 0.0660. The number of rotatable bonds is 7. The number of aryl methyl sites for hydroxylation is 1. The summed E-state index contributed by atoms with van der Waals surface area (Å²) in [6.07, 6.45) is 0. The van der Waals surface area contributed by atoms with E-state index < -0.39 is 5.78 Å². The Morgan fingerprint density at radius 3 is 2.19 bits per heavy atom. The Labute approximate surface area is 217 Å². The third-order valence-electron chi connectivity index (χ3n) is 6.10. The van der Waals surface area contributed by atoms with Crippen LogP contribution in [0.5, 0.6) is 0 Å². The second-order valence-corrected chi connectivity index (χ2v) is 8.94. The SMILES string of the molecule is Cc1ccc(C(=O)c2nn(-c3ccc(Cl)cc3)c(NCCN3C(=O)c4ccccc4C3=O)c2C#N)cc1. The fourth-order valence-corrected chi connectivity index (χ4v) is 4.31. The summed E-state index contributed by atoms with van der Waals surface area (Å²) in [5, 5.41) is 18.1. The number of benzene rings is 3. The number of hydrogen-bond acceptors (Lipinski definition) is 6. The molecule has 0 bridgehead atoms. The molecule has 0 atom stereocenters. The van der Waals surface area contributed by atoms with E-state index in [2.05, 4.69) is 16.5 Å². The van der Waals surface area contributed by atoms with Crippen LogP contribution in [0.4, 0.5) is 5.82 Å². The number of nitriles is 1. The monoisotopic (exact) mass is 509 g/mol. The molecule has 0 spiro atoms. The average molecular weight is 510 g/mol. The van der Waals surface area contributed by atoms with Crippen LogP contribution in [0.1, 0.15) is 47.9 Å². The Hall–Kier alpha value is -4.74. The molecule has 0 radical (unpaired) electrons. The molecule has 1 aromatic heterocycles. The maximum absolute atomic E-state index is 13.3. The molecule has 0 saturated carbocycles. The van der Waals surface area contributed by atoms with E-state index in [1.165, 1.54) is 4.68 Å². The van der Waals surface area contributed by atoms with Crippen molar-refractivity contribution < 1.29 is 14.4 Å². The summed E-state index contributed by atoms with van der Waals surface area (Å²) in [7, 11) is 0. The summed E-state index contributed by atoms with van der Waals surface area (Å²) in [4.78, 5) is 39.9. The molecule has 8 nitrogen and oxygen atoms in total. The molecule has 2 amide bonds. The molecular weight excluding hydrogens is 490 g/mol. The van der Waals surface area contributed by atoms with Crippen molar-refractivity contribution in [2.24, 2.45) is 0 Å². The maximum atomic E-state index is 13.3. The zero-order chi connectivity index (χ0) is 26.1. The minimum absolute atomic E-state index is 0.00969. The van der Waals surface area contributed by atoms with Gasteiger partial charge in [0.15, 0.2) is 5.69 Å². The molecule has 1 aliphatic heterocycles. The number of ketones is 1. The van der Waals surface area contributed by atoms with E-state index in [1.807, 2.05) is 19.1 Å². The van der Waals surface area contributed by atoms with Crippen molar-refractivity contribution in [2.75, 3.05) is 18.4 Å². The van der Waals surface area contributed by atoms with E-state index in [1.54, 1.807) is 60.7 Å². The Bertz CT molecular complexity index is 1550. The molecule has 5 rings (SSSR count). The molecule has 3 aromatic carbocycles. The summed E-state index contributed by atoms with van der Waals surface area (Å²) in [6.45, 7) is 2.11. The van der Waals surface area contributed by atoms with Crippen molar-refractivity contribution in [1.82, 2.24) is 14.7 Å². The number of aromatic nitrogens is 2. The molecule has 4 aromatic rings. The minimum atomic E-state index is -0.396. The molecule has 9 heteroatoms. The number of fused-ring (bicyclic) bond motifs is 1. The first-order chi connectivity index (χ1) is 17.9. The summed E-state index contributed by atoms with van der Waals surface area (Å²) in [5.41, 5.74) is 2.75. The largest absolute Gasteiger partial charge is 0.367 e. The standard InChI is InChI=1S/C28H20ClN5O3/c1-17-6-8-18(9-7-17)25(35)24-23(16-30)26(34(32-24)20-12-10-19(29)11-13-20)31-14-15-33-27(36)21-4-2-3-5-22(21)28(33)37/h2-13,31H,14-15H2,1H3. The van der Waals surface area contributed by atoms with Crippen LogP contribution in [0.15, 0.2) is 72.8 Å². The summed E-state index contributed by atoms with van der Waals surface area (Å²) in [6, 6.07) is 22.6. The van der Waals surface area contributed by atoms with E-state index in [0.29, 0.717) is 27.4 Å². The van der Waals surface area contributed by atoms with Gasteiger partial charge in [-0.1, -0.05) is 53.6 Å². The van der Waals surface area contributed by atoms with Gasteiger partial charge in [0.05, 0.1) is 16.8 Å². The number of carbonyl (C=O) groups excluding carboxylic acids is 3. The second-order valence-electron chi connectivity index (χ2n) is 8.50. The van der Waals surface area contributed by atoms with Gasteiger partial charge in [0, 0.05) is 23.7 Å². The molecule has 182 valence electrons. The van der Waals surface area contributed by atoms with Gasteiger partial charge >= 0.3 is 0 Å². The lowest BCUT2D eigenvalue weighted by Gasteiger charge is -2.15. The zero-order valence-corrected chi connectivity index (χ0v) is 20.5. The first-order valence-electron chi connectivity index (χ1n) is 11.5. The third kappa shape index (κ3) is 4.37. The summed E-state index contributed by atoms with van der Waals surface area (Å²) >= 11 is 6.05. The number of amides is 2. The van der Waals surface area contributed by atoms with Gasteiger partial charge in [0.2, 0.25) is 5.78 Å². The first kappa shape index (κ1) is 24.0. The Kier molecular flexibility index (Phi) is 6.30. The first-order valence-corrected chi connectivity index (χ1v) is 11.9. The van der Waals surface area contributed by atoms with Crippen LogP contribution in [0, 0.1) is 18.3 Å². The highest BCUT2D eigenvalue weighted by Crippen LogP contribution is 2.27. The average Bonchev–Trinajstić information content (AvgIpc) is 3.40. The highest BCUT2D eigenvalue weighted by atomic mass is 35.5. The van der Waals surface area contributed by atoms with Crippen molar-refractivity contribution in [2.45, 2.75) is 6.92 Å². The van der Waals surface area contributed by atoms with Crippen molar-refractivity contribution >= 4 is 35.0 Å². The van der Waals surface area contributed by atoms with Crippen LogP contribution in [0.3, 0.4) is 0 Å². The van der Waals surface area contributed by atoms with Crippen LogP contribution in [0.25, 0.3) is 5.69 Å². The van der Waals surface area contributed by atoms with Crippen LogP contribution in [-0.4, -0.2) is 45.4 Å². The van der Waals surface area contributed by atoms with Gasteiger partial charge in [0.1, 0.15) is 17.5 Å². The Morgan fingerprint density at radius 2 is 1.59 bits per heavy atom. The van der Waals surface area contributed by atoms with Gasteiger partial charge in [-0.3, -0.25) is 19.3 Å². The summed E-state index contributed by atoms with van der Waals surface area (Å²) < 4.78 is 1.46. The van der Waals surface area contributed by atoms with Crippen LogP contribution in [-0.2, 0) is 0 Å². The lowest BCUT2D eigenvalue weighted by atomic mass is 10.0. The smallest absolute Gasteiger partial charge is 0.261 e. The summed E-state index contributed by atoms with van der Waals surface area (Å²) in [5.74, 6) is -0.863. The molecule has 1 N–H and O–H groups in total. The van der Waals surface area contributed by atoms with Crippen LogP contribution in [0.2, 0.25) is 5.02 Å². The van der Waals surface area contributed by atoms with Gasteiger partial charge < -0.3 is 5.32 Å². The van der Waals surface area contributed by atoms with Crippen LogP contribution >= 0.6 is 11.6 Å². The number of carbonyl (C=O) groups is 3. The van der Waals surface area contributed by atoms with Crippen molar-refractivity contribution in [1.29, 1.82) is 5.26 Å². The highest BCUT2D eigenvalue weighted by Gasteiger charge is 2.35. The second kappa shape index (κ2) is 9.72. The number of nitrogens with zero attached hydrogens (tertiary/aromatic N) is 4. The number of imide groups is 1. The highest BCUT2D eigenvalue weighted by molar-refractivity contribution is 6.30. The molecule has 37 heavy (non-hydrogen) atoms. The third-order valence-corrected chi connectivity index (χ3v) is 6.36. The van der Waals surface area contributed by atoms with E-state index in [9.17, 15) is 19.6 Å². The van der Waals surface area contributed by atoms with Gasteiger partial charge in [-0.25, -0.2) is 4.68 Å². The quantitative estimate of drug-likeness (QED) is 0.287. The maximum Gasteiger partial charge on any atom is 0.261 e. The van der Waals surface area contributed by atoms with Gasteiger partial charge in [-0.2, -0.15) is 10.4 Å². The lowest BCUT2D eigenvalue weighted by Crippen LogP contribution is -2.34. The molecule has 1 aliphatic rings. The number of hydrogen-bond donors (Lipinski definition) is 1. The number of anilines is 1. The molecule has 0 unspecified atom stereocenters. The van der Waals surface area contributed by atoms with Crippen molar-refractivity contribution in [3.8, 4) is 11.8 Å². The molecule has 0 fully saturated rings. The predicted molar refractivity (Wildman–Crippen MR) is 138 cm³/mol. The Balaban J connectivity index is 1.47. The number of nitrogens with one attached hydrogen (secondary N) is 1. The van der Waals surface area contributed by atoms with Crippen molar-refractivity contribution in [3.05, 3.63) is 111 Å². The molecule has 0 aliphatic carbocycles. The van der Waals surface area contributed by atoms with Gasteiger partial charge in [0.25, 0.3) is 11.8 Å². The molecule has 0 saturated heterocycles.